The molecule has 0 aliphatic heterocycles. The third-order valence-corrected chi connectivity index (χ3v) is 3.23. The lowest BCUT2D eigenvalue weighted by molar-refractivity contribution is -0.137. The summed E-state index contributed by atoms with van der Waals surface area (Å²) in [7, 11) is 3.02. The van der Waals surface area contributed by atoms with Crippen LogP contribution >= 0.6 is 0 Å². The molecule has 0 aliphatic rings. The molecule has 136 valence electrons. The number of nitrogens with zero attached hydrogens (tertiary/aromatic N) is 3. The monoisotopic (exact) mass is 355 g/mol. The highest BCUT2D eigenvalue weighted by Crippen LogP contribution is 2.38. The SMILES string of the molecule is COc1ccc(N(C)c2nc(OC(C)(C)C)ncc2C(F)(F)F)cc1. The van der Waals surface area contributed by atoms with Crippen molar-refractivity contribution in [2.45, 2.75) is 32.5 Å². The number of aromatic nitrogens is 2. The first-order valence-electron chi connectivity index (χ1n) is 7.52. The van der Waals surface area contributed by atoms with Crippen LogP contribution in [0.1, 0.15) is 26.3 Å². The number of hydrogen-bond acceptors (Lipinski definition) is 5. The van der Waals surface area contributed by atoms with Gasteiger partial charge in [0.2, 0.25) is 0 Å². The van der Waals surface area contributed by atoms with Gasteiger partial charge >= 0.3 is 12.2 Å². The molecule has 0 saturated carbocycles. The van der Waals surface area contributed by atoms with Crippen LogP contribution in [0.2, 0.25) is 0 Å². The van der Waals surface area contributed by atoms with Gasteiger partial charge in [-0.05, 0) is 45.0 Å². The molecule has 0 bridgehead atoms. The summed E-state index contributed by atoms with van der Waals surface area (Å²) in [5.41, 5.74) is -1.05. The Balaban J connectivity index is 2.48. The van der Waals surface area contributed by atoms with Gasteiger partial charge in [-0.15, -0.1) is 0 Å². The van der Waals surface area contributed by atoms with Crippen molar-refractivity contribution >= 4 is 11.5 Å². The molecule has 1 aromatic heterocycles. The second-order valence-electron chi connectivity index (χ2n) is 6.36. The van der Waals surface area contributed by atoms with Crippen molar-refractivity contribution in [3.63, 3.8) is 0 Å². The lowest BCUT2D eigenvalue weighted by atomic mass is 10.2. The fourth-order valence-corrected chi connectivity index (χ4v) is 2.06. The number of anilines is 2. The second-order valence-corrected chi connectivity index (χ2v) is 6.36. The Hall–Kier alpha value is -2.51. The highest BCUT2D eigenvalue weighted by atomic mass is 19.4. The minimum atomic E-state index is -4.59. The third kappa shape index (κ3) is 4.74. The third-order valence-electron chi connectivity index (χ3n) is 3.23. The summed E-state index contributed by atoms with van der Waals surface area (Å²) in [5, 5.41) is 0. The molecule has 2 aromatic rings. The molecule has 25 heavy (non-hydrogen) atoms. The van der Waals surface area contributed by atoms with Gasteiger partial charge in [0.15, 0.2) is 5.82 Å². The summed E-state index contributed by atoms with van der Waals surface area (Å²) < 4.78 is 50.6. The molecule has 0 atom stereocenters. The topological polar surface area (TPSA) is 47.5 Å². The zero-order chi connectivity index (χ0) is 18.8. The Bertz CT molecular complexity index is 725. The van der Waals surface area contributed by atoms with E-state index in [0.29, 0.717) is 11.4 Å². The highest BCUT2D eigenvalue weighted by Gasteiger charge is 2.37. The molecule has 0 fully saturated rings. The number of hydrogen-bond donors (Lipinski definition) is 0. The maximum Gasteiger partial charge on any atom is 0.421 e. The van der Waals surface area contributed by atoms with Gasteiger partial charge in [0.25, 0.3) is 0 Å². The lowest BCUT2D eigenvalue weighted by Crippen LogP contribution is -2.25. The number of alkyl halides is 3. The molecule has 0 saturated heterocycles. The van der Waals surface area contributed by atoms with Crippen LogP contribution in [0, 0.1) is 0 Å². The average molecular weight is 355 g/mol. The van der Waals surface area contributed by atoms with Crippen molar-refractivity contribution < 1.29 is 22.6 Å². The Morgan fingerprint density at radius 3 is 2.12 bits per heavy atom. The van der Waals surface area contributed by atoms with Crippen LogP contribution in [0.5, 0.6) is 11.8 Å². The van der Waals surface area contributed by atoms with E-state index >= 15 is 0 Å². The molecule has 0 unspecified atom stereocenters. The Morgan fingerprint density at radius 1 is 1.04 bits per heavy atom. The van der Waals surface area contributed by atoms with Crippen molar-refractivity contribution in [1.29, 1.82) is 0 Å². The molecule has 5 nitrogen and oxygen atoms in total. The minimum Gasteiger partial charge on any atom is -0.497 e. The predicted molar refractivity (Wildman–Crippen MR) is 88.5 cm³/mol. The first-order valence-corrected chi connectivity index (χ1v) is 7.52. The van der Waals surface area contributed by atoms with Crippen LogP contribution in [-0.4, -0.2) is 29.7 Å². The Morgan fingerprint density at radius 2 is 1.64 bits per heavy atom. The van der Waals surface area contributed by atoms with E-state index in [1.54, 1.807) is 45.0 Å². The summed E-state index contributed by atoms with van der Waals surface area (Å²) in [6.45, 7) is 5.29. The van der Waals surface area contributed by atoms with Crippen LogP contribution in [0.25, 0.3) is 0 Å². The highest BCUT2D eigenvalue weighted by molar-refractivity contribution is 5.63. The molecule has 0 aliphatic carbocycles. The first kappa shape index (κ1) is 18.8. The molecule has 0 N–H and O–H groups in total. The van der Waals surface area contributed by atoms with E-state index in [-0.39, 0.29) is 11.8 Å². The molecule has 0 amide bonds. The van der Waals surface area contributed by atoms with Gasteiger partial charge in [-0.25, -0.2) is 4.98 Å². The molecule has 1 heterocycles. The Labute approximate surface area is 144 Å². The molecular weight excluding hydrogens is 335 g/mol. The van der Waals surface area contributed by atoms with Crippen molar-refractivity contribution in [1.82, 2.24) is 9.97 Å². The van der Waals surface area contributed by atoms with Gasteiger partial charge in [-0.1, -0.05) is 0 Å². The maximum absolute atomic E-state index is 13.3. The summed E-state index contributed by atoms with van der Waals surface area (Å²) in [6.07, 6.45) is -3.85. The molecular formula is C17H20F3N3O2. The largest absolute Gasteiger partial charge is 0.497 e. The molecule has 0 radical (unpaired) electrons. The van der Waals surface area contributed by atoms with Crippen LogP contribution in [0.15, 0.2) is 30.5 Å². The van der Waals surface area contributed by atoms with E-state index in [9.17, 15) is 13.2 Å². The van der Waals surface area contributed by atoms with Gasteiger partial charge in [0.05, 0.1) is 7.11 Å². The smallest absolute Gasteiger partial charge is 0.421 e. The van der Waals surface area contributed by atoms with Crippen molar-refractivity contribution in [3.8, 4) is 11.8 Å². The van der Waals surface area contributed by atoms with E-state index in [2.05, 4.69) is 9.97 Å². The second kappa shape index (κ2) is 6.78. The van der Waals surface area contributed by atoms with Gasteiger partial charge in [0, 0.05) is 18.9 Å². The standard InChI is InChI=1S/C17H20F3N3O2/c1-16(2,3)25-15-21-10-13(17(18,19)20)14(22-15)23(4)11-6-8-12(24-5)9-7-11/h6-10H,1-5H3. The summed E-state index contributed by atoms with van der Waals surface area (Å²) in [6, 6.07) is 6.49. The molecule has 8 heteroatoms. The number of ether oxygens (including phenoxy) is 2. The molecule has 2 rings (SSSR count). The van der Waals surface area contributed by atoms with Crippen LogP contribution in [0.4, 0.5) is 24.7 Å². The van der Waals surface area contributed by atoms with Crippen LogP contribution < -0.4 is 14.4 Å². The fraction of sp³-hybridized carbons (Fsp3) is 0.412. The molecule has 1 aromatic carbocycles. The van der Waals surface area contributed by atoms with E-state index < -0.39 is 17.3 Å². The van der Waals surface area contributed by atoms with Crippen molar-refractivity contribution in [2.24, 2.45) is 0 Å². The van der Waals surface area contributed by atoms with E-state index in [1.807, 2.05) is 0 Å². The van der Waals surface area contributed by atoms with Gasteiger partial charge in [-0.2, -0.15) is 18.2 Å². The average Bonchev–Trinajstić information content (AvgIpc) is 2.51. The number of rotatable bonds is 4. The zero-order valence-electron chi connectivity index (χ0n) is 14.7. The van der Waals surface area contributed by atoms with E-state index in [1.165, 1.54) is 19.1 Å². The van der Waals surface area contributed by atoms with Gasteiger partial charge in [0.1, 0.15) is 16.9 Å². The Kier molecular flexibility index (Phi) is 5.10. The van der Waals surface area contributed by atoms with Crippen molar-refractivity contribution in [2.75, 3.05) is 19.1 Å². The van der Waals surface area contributed by atoms with E-state index in [0.717, 1.165) is 6.20 Å². The van der Waals surface area contributed by atoms with Crippen molar-refractivity contribution in [3.05, 3.63) is 36.0 Å². The number of benzene rings is 1. The van der Waals surface area contributed by atoms with Gasteiger partial charge in [-0.3, -0.25) is 0 Å². The summed E-state index contributed by atoms with van der Waals surface area (Å²) in [4.78, 5) is 9.01. The summed E-state index contributed by atoms with van der Waals surface area (Å²) >= 11 is 0. The summed E-state index contributed by atoms with van der Waals surface area (Å²) in [5.74, 6) is 0.319. The lowest BCUT2D eigenvalue weighted by Gasteiger charge is -2.24. The maximum atomic E-state index is 13.3. The van der Waals surface area contributed by atoms with E-state index in [4.69, 9.17) is 9.47 Å². The number of methoxy groups -OCH3 is 1. The number of halogens is 3. The van der Waals surface area contributed by atoms with Gasteiger partial charge < -0.3 is 14.4 Å². The van der Waals surface area contributed by atoms with Crippen LogP contribution in [0.3, 0.4) is 0 Å². The van der Waals surface area contributed by atoms with Crippen LogP contribution in [-0.2, 0) is 6.18 Å². The fourth-order valence-electron chi connectivity index (χ4n) is 2.06. The minimum absolute atomic E-state index is 0.115. The zero-order valence-corrected chi connectivity index (χ0v) is 14.7. The first-order chi connectivity index (χ1) is 11.5. The predicted octanol–water partition coefficient (Wildman–Crippen LogP) is 4.45. The quantitative estimate of drug-likeness (QED) is 0.811. The molecule has 0 spiro atoms. The normalized spacial score (nSPS) is 12.0.